The maximum atomic E-state index is 14.7. The van der Waals surface area contributed by atoms with Crippen molar-refractivity contribution in [3.8, 4) is 17.2 Å². The monoisotopic (exact) mass is 486 g/mol. The molecule has 1 amide bonds. The summed E-state index contributed by atoms with van der Waals surface area (Å²) in [6.07, 6.45) is 2.58. The van der Waals surface area contributed by atoms with Gasteiger partial charge in [-0.15, -0.1) is 10.2 Å². The molecule has 0 bridgehead atoms. The Morgan fingerprint density at radius 1 is 1.21 bits per heavy atom. The number of thioether (sulfide) groups is 1. The molecule has 180 valence electrons. The molecule has 1 atom stereocenters. The van der Waals surface area contributed by atoms with E-state index < -0.39 is 0 Å². The number of ether oxygens (including phenoxy) is 3. The van der Waals surface area contributed by atoms with Gasteiger partial charge in [-0.05, 0) is 37.1 Å². The summed E-state index contributed by atoms with van der Waals surface area (Å²) in [7, 11) is 3.00. The first-order valence-electron chi connectivity index (χ1n) is 11.0. The number of carbonyl (C=O) groups is 1. The molecule has 0 radical (unpaired) electrons. The van der Waals surface area contributed by atoms with Crippen LogP contribution in [0.4, 0.5) is 4.39 Å². The molecule has 1 aliphatic heterocycles. The third-order valence-electron chi connectivity index (χ3n) is 5.50. The highest BCUT2D eigenvalue weighted by molar-refractivity contribution is 7.99. The molecule has 1 aromatic heterocycles. The smallest absolute Gasteiger partial charge is 0.255 e. The third-order valence-corrected chi connectivity index (χ3v) is 6.56. The van der Waals surface area contributed by atoms with E-state index in [1.807, 2.05) is 0 Å². The summed E-state index contributed by atoms with van der Waals surface area (Å²) in [6.45, 7) is 1.05. The van der Waals surface area contributed by atoms with Crippen molar-refractivity contribution in [3.05, 3.63) is 59.7 Å². The van der Waals surface area contributed by atoms with Crippen LogP contribution in [0.25, 0.3) is 5.69 Å². The minimum atomic E-state index is -0.368. The van der Waals surface area contributed by atoms with Crippen molar-refractivity contribution in [1.29, 1.82) is 0 Å². The molecule has 0 aliphatic carbocycles. The predicted octanol–water partition coefficient (Wildman–Crippen LogP) is 3.67. The lowest BCUT2D eigenvalue weighted by Gasteiger charge is -2.14. The molecule has 0 unspecified atom stereocenters. The molecule has 1 aliphatic rings. The van der Waals surface area contributed by atoms with E-state index in [9.17, 15) is 9.18 Å². The predicted molar refractivity (Wildman–Crippen MR) is 127 cm³/mol. The van der Waals surface area contributed by atoms with Crippen LogP contribution < -0.4 is 14.8 Å². The van der Waals surface area contributed by atoms with E-state index in [0.29, 0.717) is 40.2 Å². The number of hydrogen-bond donors (Lipinski definition) is 1. The molecule has 1 N–H and O–H groups in total. The van der Waals surface area contributed by atoms with E-state index in [1.165, 1.54) is 32.0 Å². The topological polar surface area (TPSA) is 87.5 Å². The Kier molecular flexibility index (Phi) is 8.02. The van der Waals surface area contributed by atoms with E-state index in [4.69, 9.17) is 14.2 Å². The Labute approximate surface area is 201 Å². The van der Waals surface area contributed by atoms with Gasteiger partial charge in [-0.1, -0.05) is 30.0 Å². The second kappa shape index (κ2) is 11.3. The summed E-state index contributed by atoms with van der Waals surface area (Å²) in [6, 6.07) is 11.6. The zero-order valence-corrected chi connectivity index (χ0v) is 19.9. The van der Waals surface area contributed by atoms with Crippen molar-refractivity contribution < 1.29 is 23.4 Å². The lowest BCUT2D eigenvalue weighted by molar-refractivity contribution is 0.0950. The molecule has 8 nitrogen and oxygen atoms in total. The van der Waals surface area contributed by atoms with Gasteiger partial charge >= 0.3 is 0 Å². The molecule has 3 aromatic rings. The number of halogens is 1. The van der Waals surface area contributed by atoms with Gasteiger partial charge in [-0.3, -0.25) is 9.36 Å². The highest BCUT2D eigenvalue weighted by Gasteiger charge is 2.21. The first kappa shape index (κ1) is 24.0. The van der Waals surface area contributed by atoms with Gasteiger partial charge < -0.3 is 19.5 Å². The van der Waals surface area contributed by atoms with Crippen molar-refractivity contribution in [1.82, 2.24) is 20.1 Å². The lowest BCUT2D eigenvalue weighted by Crippen LogP contribution is -2.27. The quantitative estimate of drug-likeness (QED) is 0.438. The van der Waals surface area contributed by atoms with E-state index >= 15 is 0 Å². The summed E-state index contributed by atoms with van der Waals surface area (Å²) < 4.78 is 32.7. The Bertz CT molecular complexity index is 1130. The minimum Gasteiger partial charge on any atom is -0.493 e. The van der Waals surface area contributed by atoms with Crippen molar-refractivity contribution in [3.63, 3.8) is 0 Å². The van der Waals surface area contributed by atoms with Crippen molar-refractivity contribution >= 4 is 17.7 Å². The molecule has 34 heavy (non-hydrogen) atoms. The average Bonchev–Trinajstić information content (AvgIpc) is 3.52. The zero-order chi connectivity index (χ0) is 23.9. The van der Waals surface area contributed by atoms with Gasteiger partial charge in [0.2, 0.25) is 0 Å². The number of benzene rings is 2. The lowest BCUT2D eigenvalue weighted by atomic mass is 10.1. The number of nitrogens with one attached hydrogen (secondary N) is 1. The Hall–Kier alpha value is -3.11. The van der Waals surface area contributed by atoms with E-state index in [1.54, 1.807) is 41.0 Å². The number of aromatic nitrogens is 3. The van der Waals surface area contributed by atoms with Crippen LogP contribution in [0.1, 0.15) is 29.0 Å². The molecule has 1 fully saturated rings. The van der Waals surface area contributed by atoms with Gasteiger partial charge in [0.05, 0.1) is 31.6 Å². The van der Waals surface area contributed by atoms with E-state index in [0.717, 1.165) is 25.2 Å². The molecule has 0 saturated carbocycles. The largest absolute Gasteiger partial charge is 0.493 e. The second-order valence-corrected chi connectivity index (χ2v) is 8.67. The van der Waals surface area contributed by atoms with E-state index in [-0.39, 0.29) is 24.4 Å². The SMILES string of the molecule is COc1cccc(C(=O)NCCc2nnc(SC[C@H]3CCCO3)n2-c2ccccc2F)c1OC. The number of para-hydroxylation sites is 2. The maximum Gasteiger partial charge on any atom is 0.255 e. The van der Waals surface area contributed by atoms with Crippen LogP contribution in [0.2, 0.25) is 0 Å². The maximum absolute atomic E-state index is 14.7. The van der Waals surface area contributed by atoms with Crippen LogP contribution in [0.15, 0.2) is 47.6 Å². The summed E-state index contributed by atoms with van der Waals surface area (Å²) in [5.41, 5.74) is 0.739. The summed E-state index contributed by atoms with van der Waals surface area (Å²) >= 11 is 1.49. The minimum absolute atomic E-state index is 0.163. The van der Waals surface area contributed by atoms with Gasteiger partial charge in [-0.2, -0.15) is 0 Å². The van der Waals surface area contributed by atoms with Crippen LogP contribution in [0, 0.1) is 5.82 Å². The van der Waals surface area contributed by atoms with Gasteiger partial charge in [0.25, 0.3) is 5.91 Å². The van der Waals surface area contributed by atoms with Crippen molar-refractivity contribution in [2.45, 2.75) is 30.5 Å². The fourth-order valence-corrected chi connectivity index (χ4v) is 4.85. The van der Waals surface area contributed by atoms with Crippen LogP contribution in [-0.4, -0.2) is 59.9 Å². The van der Waals surface area contributed by atoms with Crippen LogP contribution in [0.5, 0.6) is 11.5 Å². The number of rotatable bonds is 10. The number of carbonyl (C=O) groups excluding carboxylic acids is 1. The highest BCUT2D eigenvalue weighted by atomic mass is 32.2. The van der Waals surface area contributed by atoms with Crippen LogP contribution in [0.3, 0.4) is 0 Å². The molecule has 2 aromatic carbocycles. The Morgan fingerprint density at radius 2 is 2.06 bits per heavy atom. The number of hydrogen-bond acceptors (Lipinski definition) is 7. The Morgan fingerprint density at radius 3 is 2.79 bits per heavy atom. The first-order valence-corrected chi connectivity index (χ1v) is 12.0. The fraction of sp³-hybridized carbons (Fsp3) is 0.375. The molecule has 10 heteroatoms. The highest BCUT2D eigenvalue weighted by Crippen LogP contribution is 2.31. The summed E-state index contributed by atoms with van der Waals surface area (Å²) in [5.74, 6) is 1.44. The van der Waals surface area contributed by atoms with Gasteiger partial charge in [0.15, 0.2) is 16.7 Å². The fourth-order valence-electron chi connectivity index (χ4n) is 3.82. The summed E-state index contributed by atoms with van der Waals surface area (Å²) in [5, 5.41) is 12.1. The molecule has 1 saturated heterocycles. The zero-order valence-electron chi connectivity index (χ0n) is 19.1. The van der Waals surface area contributed by atoms with Crippen molar-refractivity contribution in [2.24, 2.45) is 0 Å². The normalized spacial score (nSPS) is 15.3. The van der Waals surface area contributed by atoms with Gasteiger partial charge in [0.1, 0.15) is 11.6 Å². The Balaban J connectivity index is 1.49. The van der Waals surface area contributed by atoms with Crippen LogP contribution >= 0.6 is 11.8 Å². The molecule has 4 rings (SSSR count). The second-order valence-electron chi connectivity index (χ2n) is 7.68. The first-order chi connectivity index (χ1) is 16.6. The standard InChI is InChI=1S/C24H27FN4O4S/c1-31-20-11-5-8-17(22(20)32-2)23(30)26-13-12-21-27-28-24(34-15-16-7-6-14-33-16)29(21)19-10-4-3-9-18(19)25/h3-5,8-11,16H,6-7,12-15H2,1-2H3,(H,26,30)/t16-/m1/s1. The van der Waals surface area contributed by atoms with Crippen LogP contribution in [-0.2, 0) is 11.2 Å². The van der Waals surface area contributed by atoms with Crippen molar-refractivity contribution in [2.75, 3.05) is 33.1 Å². The third kappa shape index (κ3) is 5.34. The number of amides is 1. The average molecular weight is 487 g/mol. The number of nitrogens with zero attached hydrogens (tertiary/aromatic N) is 3. The number of methoxy groups -OCH3 is 2. The molecular formula is C24H27FN4O4S. The van der Waals surface area contributed by atoms with E-state index in [2.05, 4.69) is 15.5 Å². The molecular weight excluding hydrogens is 459 g/mol. The van der Waals surface area contributed by atoms with Gasteiger partial charge in [0, 0.05) is 25.3 Å². The molecule has 0 spiro atoms. The van der Waals surface area contributed by atoms with Gasteiger partial charge in [-0.25, -0.2) is 4.39 Å². The molecule has 2 heterocycles. The summed E-state index contributed by atoms with van der Waals surface area (Å²) in [4.78, 5) is 12.8.